The zero-order valence-corrected chi connectivity index (χ0v) is 40.2. The number of amides is 2. The lowest BCUT2D eigenvalue weighted by molar-refractivity contribution is -0.118. The quantitative estimate of drug-likeness (QED) is 0.107. The number of imidazole rings is 2. The maximum Gasteiger partial charge on any atom is 0.328 e. The van der Waals surface area contributed by atoms with E-state index in [0.717, 1.165) is 0 Å². The van der Waals surface area contributed by atoms with Gasteiger partial charge in [0.1, 0.15) is 30.9 Å². The van der Waals surface area contributed by atoms with Gasteiger partial charge in [-0.15, -0.1) is 0 Å². The molecule has 7 heterocycles. The molecule has 350 valence electrons. The van der Waals surface area contributed by atoms with Crippen LogP contribution in [0.3, 0.4) is 0 Å². The molecule has 3 saturated heterocycles. The third-order valence-corrected chi connectivity index (χ3v) is 19.7. The van der Waals surface area contributed by atoms with Crippen molar-refractivity contribution >= 4 is 69.4 Å². The first kappa shape index (κ1) is 47.0. The Bertz CT molecular complexity index is 2760. The second kappa shape index (κ2) is 17.6. The number of anilines is 2. The lowest BCUT2D eigenvalue weighted by Crippen LogP contribution is -2.49. The van der Waals surface area contributed by atoms with Crippen molar-refractivity contribution in [3.05, 3.63) is 65.2 Å². The molecular weight excluding hydrogens is 903 g/mol. The molecule has 3 aliphatic rings. The molecule has 0 aliphatic carbocycles. The van der Waals surface area contributed by atoms with Gasteiger partial charge in [0.2, 0.25) is 11.9 Å². The van der Waals surface area contributed by atoms with E-state index in [2.05, 4.69) is 40.5 Å². The van der Waals surface area contributed by atoms with Crippen molar-refractivity contribution in [1.29, 1.82) is 0 Å². The van der Waals surface area contributed by atoms with E-state index in [1.54, 1.807) is 48.7 Å². The molecule has 0 saturated carbocycles. The largest absolute Gasteiger partial charge is 0.407 e. The Morgan fingerprint density at radius 2 is 1.60 bits per heavy atom. The summed E-state index contributed by atoms with van der Waals surface area (Å²) in [7, 11) is -11.3. The van der Waals surface area contributed by atoms with Gasteiger partial charge in [-0.3, -0.25) is 47.5 Å². The Hall–Kier alpha value is -4.54. The smallest absolute Gasteiger partial charge is 0.328 e. The van der Waals surface area contributed by atoms with Crippen molar-refractivity contribution in [1.82, 2.24) is 39.0 Å². The number of carbonyl (C=O) groups excluding carboxylic acids is 2. The van der Waals surface area contributed by atoms with Crippen molar-refractivity contribution < 1.29 is 51.1 Å². The van der Waals surface area contributed by atoms with E-state index >= 15 is 0 Å². The zero-order valence-electron chi connectivity index (χ0n) is 37.4. The summed E-state index contributed by atoms with van der Waals surface area (Å²) in [6, 6.07) is 8.60. The molecule has 10 atom stereocenters. The minimum absolute atomic E-state index is 0.0388. The Balaban J connectivity index is 1.13. The van der Waals surface area contributed by atoms with Crippen LogP contribution in [0.2, 0.25) is 18.1 Å². The van der Waals surface area contributed by atoms with E-state index in [1.807, 2.05) is 40.8 Å². The summed E-state index contributed by atoms with van der Waals surface area (Å²) < 4.78 is 70.6. The summed E-state index contributed by atoms with van der Waals surface area (Å²) >= 11 is 0. The maximum atomic E-state index is 14.6. The van der Waals surface area contributed by atoms with Gasteiger partial charge in [-0.1, -0.05) is 59.7 Å². The normalized spacial score (nSPS) is 30.1. The third kappa shape index (κ3) is 9.54. The first-order valence-corrected chi connectivity index (χ1v) is 27.9. The SMILES string of the molecule is CC(C)C(=O)Nc1nc2c(ncn2[C@@H]2O[C@@H]3COP(=O)(O)C[C@H]4C(C)[C@@H](COP(C)(=O)OC3[C@@H]2O[Si](C)(C)C(C)(C)C)O[C@H]4n2cnc3c(NC(=O)c4ccccc4)ncnc32)c(=O)[nH]1. The molecule has 0 spiro atoms. The molecule has 4 aromatic heterocycles. The lowest BCUT2D eigenvalue weighted by atomic mass is 9.93. The molecule has 0 radical (unpaired) electrons. The van der Waals surface area contributed by atoms with Crippen LogP contribution in [0.5, 0.6) is 0 Å². The van der Waals surface area contributed by atoms with Crippen LogP contribution in [0, 0.1) is 17.8 Å². The van der Waals surface area contributed by atoms with Gasteiger partial charge in [-0.25, -0.2) is 19.9 Å². The fourth-order valence-electron chi connectivity index (χ4n) is 7.80. The number of hydrogen-bond acceptors (Lipinski definition) is 16. The number of aromatic amines is 1. The monoisotopic (exact) mass is 956 g/mol. The van der Waals surface area contributed by atoms with E-state index in [1.165, 1.54) is 30.2 Å². The molecule has 25 heteroatoms. The zero-order chi connectivity index (χ0) is 46.8. The van der Waals surface area contributed by atoms with Crippen molar-refractivity contribution in [3.8, 4) is 0 Å². The van der Waals surface area contributed by atoms with Gasteiger partial charge in [-0.2, -0.15) is 4.98 Å². The molecule has 22 nitrogen and oxygen atoms in total. The fraction of sp³-hybridized carbons (Fsp3) is 0.550. The van der Waals surface area contributed by atoms with Crippen molar-refractivity contribution in [3.63, 3.8) is 0 Å². The summed E-state index contributed by atoms with van der Waals surface area (Å²) in [5, 5.41) is 5.04. The van der Waals surface area contributed by atoms with Gasteiger partial charge in [-0.05, 0) is 36.2 Å². The highest BCUT2D eigenvalue weighted by Gasteiger charge is 2.55. The van der Waals surface area contributed by atoms with Crippen LogP contribution < -0.4 is 16.2 Å². The number of benzene rings is 1. The van der Waals surface area contributed by atoms with Gasteiger partial charge in [0.05, 0.1) is 38.1 Å². The number of fused-ring (bicyclic) bond motifs is 5. The maximum absolute atomic E-state index is 14.6. The fourth-order valence-corrected chi connectivity index (χ4v) is 11.8. The highest BCUT2D eigenvalue weighted by atomic mass is 31.2. The topological polar surface area (TPSA) is 275 Å². The predicted molar refractivity (Wildman–Crippen MR) is 239 cm³/mol. The van der Waals surface area contributed by atoms with Crippen molar-refractivity contribution in [2.24, 2.45) is 17.8 Å². The van der Waals surface area contributed by atoms with Crippen LogP contribution in [0.4, 0.5) is 11.8 Å². The number of rotatable bonds is 8. The van der Waals surface area contributed by atoms with Crippen LogP contribution in [0.25, 0.3) is 22.3 Å². The van der Waals surface area contributed by atoms with E-state index < -0.39 is 102 Å². The molecule has 65 heavy (non-hydrogen) atoms. The summed E-state index contributed by atoms with van der Waals surface area (Å²) in [4.78, 5) is 75.2. The number of H-pyrrole nitrogens is 1. The number of nitrogens with zero attached hydrogens (tertiary/aromatic N) is 7. The van der Waals surface area contributed by atoms with Crippen LogP contribution >= 0.6 is 15.2 Å². The van der Waals surface area contributed by atoms with Crippen LogP contribution in [0.1, 0.15) is 64.4 Å². The average Bonchev–Trinajstić information content (AvgIpc) is 4.00. The van der Waals surface area contributed by atoms with E-state index in [4.69, 9.17) is 27.5 Å². The minimum Gasteiger partial charge on any atom is -0.407 e. The van der Waals surface area contributed by atoms with Crippen LogP contribution in [0.15, 0.2) is 54.1 Å². The molecule has 3 fully saturated rings. The van der Waals surface area contributed by atoms with Crippen molar-refractivity contribution in [2.45, 2.75) is 96.5 Å². The molecule has 4 N–H and O–H groups in total. The summed E-state index contributed by atoms with van der Waals surface area (Å²) in [6.45, 7) is 15.9. The standard InChI is InChI=1S/C40H54N10O12P2Si/c1-21(2)34(51)47-39-46-33-28(36(53)48-39)44-20-50(33)38-30(62-65(8,9)40(4,5)6)29-26(60-38)16-58-64(55,56)17-24-22(3)25(15-57-63(7,54)61-29)59-37(24)49-19-43-27-31(41-18-42-32(27)49)45-35(52)23-13-11-10-12-14-23/h10-14,18-22,24-26,29-30,37-38H,15-17H2,1-9H3,(H,55,56)(H,41,42,45,52)(H2,46,47,48,51,53)/t22?,24-,25+,26+,29?,30-,37+,38+,63?/m0/s1. The van der Waals surface area contributed by atoms with Gasteiger partial charge in [0.25, 0.3) is 11.5 Å². The molecule has 8 rings (SSSR count). The molecule has 4 unspecified atom stereocenters. The Morgan fingerprint density at radius 1 is 0.938 bits per heavy atom. The Morgan fingerprint density at radius 3 is 2.29 bits per heavy atom. The number of carbonyl (C=O) groups is 2. The first-order valence-electron chi connectivity index (χ1n) is 21.2. The highest BCUT2D eigenvalue weighted by molar-refractivity contribution is 7.53. The molecule has 5 aromatic rings. The van der Waals surface area contributed by atoms with E-state index in [9.17, 15) is 28.4 Å². The number of nitrogens with one attached hydrogen (secondary N) is 3. The molecule has 2 amide bonds. The van der Waals surface area contributed by atoms with Gasteiger partial charge >= 0.3 is 15.2 Å². The molecular formula is C40H54N10O12P2Si. The summed E-state index contributed by atoms with van der Waals surface area (Å²) in [5.74, 6) is -2.34. The van der Waals surface area contributed by atoms with Crippen LogP contribution in [-0.4, -0.2) is 115 Å². The number of hydrogen-bond donors (Lipinski definition) is 4. The van der Waals surface area contributed by atoms with Gasteiger partial charge in [0, 0.05) is 24.1 Å². The second-order valence-electron chi connectivity index (χ2n) is 18.5. The van der Waals surface area contributed by atoms with E-state index in [-0.39, 0.29) is 51.6 Å². The Labute approximate surface area is 374 Å². The van der Waals surface area contributed by atoms with Crippen molar-refractivity contribution in [2.75, 3.05) is 36.7 Å². The summed E-state index contributed by atoms with van der Waals surface area (Å²) in [6.07, 6.45) is -2.69. The van der Waals surface area contributed by atoms with Gasteiger partial charge in [0.15, 0.2) is 42.7 Å². The second-order valence-corrected chi connectivity index (χ2v) is 27.2. The average molecular weight is 957 g/mol. The minimum atomic E-state index is -4.52. The molecule has 1 aromatic carbocycles. The summed E-state index contributed by atoms with van der Waals surface area (Å²) in [5.41, 5.74) is 0.301. The first-order chi connectivity index (χ1) is 30.5. The third-order valence-electron chi connectivity index (χ3n) is 12.5. The lowest BCUT2D eigenvalue weighted by Gasteiger charge is -2.41. The highest BCUT2D eigenvalue weighted by Crippen LogP contribution is 2.56. The van der Waals surface area contributed by atoms with Gasteiger partial charge < -0.3 is 33.2 Å². The van der Waals surface area contributed by atoms with E-state index in [0.29, 0.717) is 5.56 Å². The predicted octanol–water partition coefficient (Wildman–Crippen LogP) is 5.68. The molecule has 2 bridgehead atoms. The Kier molecular flexibility index (Phi) is 12.7. The molecule has 3 aliphatic heterocycles. The number of aromatic nitrogens is 8. The van der Waals surface area contributed by atoms with Crippen LogP contribution in [-0.2, 0) is 41.4 Å². The number of ether oxygens (including phenoxy) is 2.